The van der Waals surface area contributed by atoms with Crippen molar-refractivity contribution in [1.29, 1.82) is 0 Å². The number of Topliss-reactive ketones (excluding diaryl/α,β-unsaturated/α-hetero) is 1. The predicted molar refractivity (Wildman–Crippen MR) is 64.7 cm³/mol. The second kappa shape index (κ2) is 7.40. The van der Waals surface area contributed by atoms with Crippen LogP contribution in [0.2, 0.25) is 0 Å². The van der Waals surface area contributed by atoms with E-state index < -0.39 is 11.9 Å². The average molecular weight is 271 g/mol. The Hall–Kier alpha value is -2.05. The molecule has 1 rings (SSSR count). The van der Waals surface area contributed by atoms with Gasteiger partial charge in [-0.3, -0.25) is 0 Å². The number of rotatable bonds is 7. The number of hydrogen-bond donors (Lipinski definition) is 1. The van der Waals surface area contributed by atoms with Crippen LogP contribution in [0.4, 0.5) is 4.79 Å². The van der Waals surface area contributed by atoms with Crippen molar-refractivity contribution < 1.29 is 23.2 Å². The minimum Gasteiger partial charge on any atom is -0.450 e. The molecule has 1 aromatic heterocycles. The summed E-state index contributed by atoms with van der Waals surface area (Å²) in [6.07, 6.45) is 1.21. The summed E-state index contributed by atoms with van der Waals surface area (Å²) in [6.45, 7) is 3.36. The molecule has 0 spiro atoms. The molecule has 1 N–H and O–H groups in total. The molecule has 0 unspecified atom stereocenters. The highest BCUT2D eigenvalue weighted by molar-refractivity contribution is 5.75. The van der Waals surface area contributed by atoms with E-state index in [9.17, 15) is 14.4 Å². The largest absolute Gasteiger partial charge is 0.519 e. The lowest BCUT2D eigenvalue weighted by atomic mass is 10.2. The lowest BCUT2D eigenvalue weighted by Gasteiger charge is -2.05. The average Bonchev–Trinajstić information content (AvgIpc) is 2.64. The van der Waals surface area contributed by atoms with Crippen LogP contribution in [0.1, 0.15) is 37.7 Å². The van der Waals surface area contributed by atoms with Crippen molar-refractivity contribution in [2.75, 3.05) is 6.61 Å². The van der Waals surface area contributed by atoms with Crippen molar-refractivity contribution >= 4 is 11.9 Å². The number of hydrogen-bond acceptors (Lipinski definition) is 6. The van der Waals surface area contributed by atoms with Crippen molar-refractivity contribution in [2.45, 2.75) is 39.7 Å². The summed E-state index contributed by atoms with van der Waals surface area (Å²) in [5, 5.41) is 2.43. The number of carbonyl (C=O) groups excluding carboxylic acids is 2. The van der Waals surface area contributed by atoms with E-state index in [0.29, 0.717) is 25.0 Å². The van der Waals surface area contributed by atoms with Gasteiger partial charge in [0.1, 0.15) is 11.5 Å². The van der Waals surface area contributed by atoms with E-state index in [2.05, 4.69) is 9.73 Å². The Morgan fingerprint density at radius 3 is 2.58 bits per heavy atom. The number of ketones is 1. The number of ether oxygens (including phenoxy) is 1. The highest BCUT2D eigenvalue weighted by Gasteiger charge is 2.10. The van der Waals surface area contributed by atoms with Crippen LogP contribution in [0, 0.1) is 6.92 Å². The normalized spacial score (nSPS) is 10.2. The highest BCUT2D eigenvalue weighted by atomic mass is 16.6. The Balaban J connectivity index is 2.16. The van der Waals surface area contributed by atoms with Crippen molar-refractivity contribution in [2.24, 2.45) is 0 Å². The molecule has 7 heteroatoms. The van der Waals surface area contributed by atoms with Gasteiger partial charge in [0.05, 0.1) is 13.2 Å². The number of unbranched alkanes of at least 4 members (excludes halogenated alkanes) is 1. The maximum atomic E-state index is 11.3. The fourth-order valence-electron chi connectivity index (χ4n) is 1.38. The molecule has 0 aromatic carbocycles. The van der Waals surface area contributed by atoms with Crippen LogP contribution in [0.5, 0.6) is 0 Å². The van der Waals surface area contributed by atoms with Gasteiger partial charge >= 0.3 is 11.9 Å². The first-order valence-corrected chi connectivity index (χ1v) is 5.98. The maximum Gasteiger partial charge on any atom is 0.519 e. The fourth-order valence-corrected chi connectivity index (χ4v) is 1.38. The van der Waals surface area contributed by atoms with Gasteiger partial charge in [-0.05, 0) is 26.7 Å². The molecule has 0 bridgehead atoms. The van der Waals surface area contributed by atoms with Crippen molar-refractivity contribution in [1.82, 2.24) is 5.32 Å². The predicted octanol–water partition coefficient (Wildman–Crippen LogP) is 1.53. The Morgan fingerprint density at radius 1 is 1.26 bits per heavy atom. The first kappa shape index (κ1) is 15.0. The molecule has 19 heavy (non-hydrogen) atoms. The second-order valence-corrected chi connectivity index (χ2v) is 4.08. The van der Waals surface area contributed by atoms with Gasteiger partial charge in [0.25, 0.3) is 0 Å². The summed E-state index contributed by atoms with van der Waals surface area (Å²) in [6, 6.07) is 0. The summed E-state index contributed by atoms with van der Waals surface area (Å²) in [5.74, 6) is -0.0906. The van der Waals surface area contributed by atoms with Crippen molar-refractivity contribution in [3.63, 3.8) is 0 Å². The Kier molecular flexibility index (Phi) is 5.84. The first-order chi connectivity index (χ1) is 8.99. The highest BCUT2D eigenvalue weighted by Crippen LogP contribution is 2.04. The van der Waals surface area contributed by atoms with E-state index in [1.54, 1.807) is 6.92 Å². The topological polar surface area (TPSA) is 98.8 Å². The molecular weight excluding hydrogens is 254 g/mol. The van der Waals surface area contributed by atoms with Gasteiger partial charge < -0.3 is 23.7 Å². The van der Waals surface area contributed by atoms with Crippen molar-refractivity contribution in [3.05, 3.63) is 22.1 Å². The molecule has 0 aliphatic rings. The van der Waals surface area contributed by atoms with Crippen LogP contribution < -0.4 is 11.1 Å². The summed E-state index contributed by atoms with van der Waals surface area (Å²) in [4.78, 5) is 32.7. The number of alkyl carbamates (subject to hydrolysis) is 1. The summed E-state index contributed by atoms with van der Waals surface area (Å²) in [5.41, 5.74) is 0. The van der Waals surface area contributed by atoms with Gasteiger partial charge in [0.2, 0.25) is 0 Å². The van der Waals surface area contributed by atoms with Gasteiger partial charge in [0.15, 0.2) is 5.76 Å². The lowest BCUT2D eigenvalue weighted by molar-refractivity contribution is -0.117. The van der Waals surface area contributed by atoms with E-state index in [1.807, 2.05) is 0 Å². The monoisotopic (exact) mass is 271 g/mol. The molecule has 1 heterocycles. The molecule has 0 fully saturated rings. The van der Waals surface area contributed by atoms with E-state index in [4.69, 9.17) is 9.15 Å². The molecular formula is C12H17NO6. The van der Waals surface area contributed by atoms with Crippen molar-refractivity contribution in [3.8, 4) is 0 Å². The molecule has 0 saturated carbocycles. The number of nitrogens with one attached hydrogen (secondary N) is 1. The molecule has 106 valence electrons. The zero-order valence-electron chi connectivity index (χ0n) is 11.0. The summed E-state index contributed by atoms with van der Waals surface area (Å²) < 4.78 is 14.2. The third-order valence-corrected chi connectivity index (χ3v) is 2.39. The Morgan fingerprint density at radius 2 is 2.00 bits per heavy atom. The van der Waals surface area contributed by atoms with Gasteiger partial charge in [-0.1, -0.05) is 0 Å². The van der Waals surface area contributed by atoms with Gasteiger partial charge in [-0.15, -0.1) is 0 Å². The minimum absolute atomic E-state index is 0.0316. The van der Waals surface area contributed by atoms with Gasteiger partial charge in [0, 0.05) is 6.42 Å². The Bertz CT molecular complexity index is 487. The van der Waals surface area contributed by atoms with E-state index in [0.717, 1.165) is 0 Å². The molecule has 0 atom stereocenters. The SMILES string of the molecule is CC(=O)CCCCOC(=O)NCc1oc(=O)oc1C. The van der Waals surface area contributed by atoms with Crippen LogP contribution in [0.3, 0.4) is 0 Å². The smallest absolute Gasteiger partial charge is 0.450 e. The van der Waals surface area contributed by atoms with Crippen LogP contribution in [-0.4, -0.2) is 18.5 Å². The molecule has 0 radical (unpaired) electrons. The molecule has 1 amide bonds. The Labute approximate surface area is 109 Å². The lowest BCUT2D eigenvalue weighted by Crippen LogP contribution is -2.24. The van der Waals surface area contributed by atoms with E-state index >= 15 is 0 Å². The molecule has 7 nitrogen and oxygen atoms in total. The van der Waals surface area contributed by atoms with E-state index in [1.165, 1.54) is 6.92 Å². The summed E-state index contributed by atoms with van der Waals surface area (Å²) in [7, 11) is 0. The van der Waals surface area contributed by atoms with Gasteiger partial charge in [-0.2, -0.15) is 0 Å². The van der Waals surface area contributed by atoms with Crippen LogP contribution >= 0.6 is 0 Å². The van der Waals surface area contributed by atoms with Gasteiger partial charge in [-0.25, -0.2) is 9.59 Å². The second-order valence-electron chi connectivity index (χ2n) is 4.08. The molecule has 0 saturated heterocycles. The zero-order valence-corrected chi connectivity index (χ0v) is 11.0. The third kappa shape index (κ3) is 5.89. The number of amides is 1. The van der Waals surface area contributed by atoms with Crippen LogP contribution in [-0.2, 0) is 16.1 Å². The first-order valence-electron chi connectivity index (χ1n) is 5.98. The third-order valence-electron chi connectivity index (χ3n) is 2.39. The summed E-state index contributed by atoms with van der Waals surface area (Å²) >= 11 is 0. The standard InChI is InChI=1S/C12H17NO6/c1-8(14)5-3-4-6-17-11(15)13-7-10-9(2)18-12(16)19-10/h3-7H2,1-2H3,(H,13,15). The minimum atomic E-state index is -0.799. The van der Waals surface area contributed by atoms with E-state index in [-0.39, 0.29) is 24.7 Å². The van der Waals surface area contributed by atoms with Crippen LogP contribution in [0.15, 0.2) is 13.6 Å². The quantitative estimate of drug-likeness (QED) is 0.755. The fraction of sp³-hybridized carbons (Fsp3) is 0.583. The molecule has 0 aliphatic carbocycles. The number of carbonyl (C=O) groups is 2. The maximum absolute atomic E-state index is 11.3. The van der Waals surface area contributed by atoms with Crippen LogP contribution in [0.25, 0.3) is 0 Å². The molecule has 0 aliphatic heterocycles. The zero-order chi connectivity index (χ0) is 14.3. The molecule has 1 aromatic rings. The number of aryl methyl sites for hydroxylation is 1.